The molecule has 0 bridgehead atoms. The van der Waals surface area contributed by atoms with Crippen LogP contribution in [0.25, 0.3) is 11.0 Å². The van der Waals surface area contributed by atoms with Crippen molar-refractivity contribution in [2.75, 3.05) is 5.73 Å². The Balaban J connectivity index is 2.18. The van der Waals surface area contributed by atoms with Gasteiger partial charge in [-0.15, -0.1) is 0 Å². The van der Waals surface area contributed by atoms with Gasteiger partial charge in [0.2, 0.25) is 0 Å². The minimum atomic E-state index is -4.25. The molecule has 0 amide bonds. The van der Waals surface area contributed by atoms with Gasteiger partial charge in [0.1, 0.15) is 17.8 Å². The summed E-state index contributed by atoms with van der Waals surface area (Å²) in [6.45, 7) is 0. The number of hydrogen-bond acceptors (Lipinski definition) is 2. The van der Waals surface area contributed by atoms with E-state index in [9.17, 15) is 13.2 Å². The normalized spacial score (nSPS) is 16.4. The fourth-order valence-corrected chi connectivity index (χ4v) is 2.23. The average Bonchev–Trinajstić information content (AvgIpc) is 3.00. The number of para-hydroxylation sites is 1. The van der Waals surface area contributed by atoms with E-state index in [1.165, 1.54) is 0 Å². The molecule has 1 aromatic heterocycles. The SMILES string of the molecule is Nc1cccc2c1nc(CC(F)(F)F)n2C1CC1. The predicted molar refractivity (Wildman–Crippen MR) is 62.2 cm³/mol. The molecule has 0 saturated heterocycles. The average molecular weight is 255 g/mol. The Morgan fingerprint density at radius 3 is 2.67 bits per heavy atom. The van der Waals surface area contributed by atoms with Crippen LogP contribution in [0.1, 0.15) is 24.7 Å². The van der Waals surface area contributed by atoms with Crippen LogP contribution in [0.3, 0.4) is 0 Å². The highest BCUT2D eigenvalue weighted by Gasteiger charge is 2.35. The Morgan fingerprint density at radius 2 is 2.06 bits per heavy atom. The van der Waals surface area contributed by atoms with Gasteiger partial charge in [0.05, 0.1) is 11.2 Å². The van der Waals surface area contributed by atoms with Crippen molar-refractivity contribution in [1.82, 2.24) is 9.55 Å². The summed E-state index contributed by atoms with van der Waals surface area (Å²) in [5.74, 6) is 0.0675. The lowest BCUT2D eigenvalue weighted by Crippen LogP contribution is -2.16. The number of hydrogen-bond donors (Lipinski definition) is 1. The molecular formula is C12H12F3N3. The van der Waals surface area contributed by atoms with Crippen LogP contribution in [0.15, 0.2) is 18.2 Å². The van der Waals surface area contributed by atoms with Crippen molar-refractivity contribution in [3.05, 3.63) is 24.0 Å². The number of benzene rings is 1. The van der Waals surface area contributed by atoms with Gasteiger partial charge in [-0.05, 0) is 25.0 Å². The lowest BCUT2D eigenvalue weighted by molar-refractivity contribution is -0.128. The van der Waals surface area contributed by atoms with Crippen LogP contribution < -0.4 is 5.73 Å². The van der Waals surface area contributed by atoms with E-state index in [1.54, 1.807) is 22.8 Å². The Labute approximate surface area is 101 Å². The van der Waals surface area contributed by atoms with Gasteiger partial charge in [-0.2, -0.15) is 13.2 Å². The summed E-state index contributed by atoms with van der Waals surface area (Å²) in [4.78, 5) is 4.08. The molecular weight excluding hydrogens is 243 g/mol. The van der Waals surface area contributed by atoms with Crippen molar-refractivity contribution in [1.29, 1.82) is 0 Å². The van der Waals surface area contributed by atoms with Crippen LogP contribution in [0.2, 0.25) is 0 Å². The standard InChI is InChI=1S/C12H12F3N3/c13-12(14,15)6-10-17-11-8(16)2-1-3-9(11)18(10)7-4-5-7/h1-3,7H,4-6,16H2. The van der Waals surface area contributed by atoms with Gasteiger partial charge in [-0.25, -0.2) is 4.98 Å². The summed E-state index contributed by atoms with van der Waals surface area (Å²) < 4.78 is 39.3. The molecule has 2 aromatic rings. The van der Waals surface area contributed by atoms with Crippen molar-refractivity contribution < 1.29 is 13.2 Å². The number of nitrogens with zero attached hydrogens (tertiary/aromatic N) is 2. The third kappa shape index (κ3) is 1.91. The van der Waals surface area contributed by atoms with E-state index in [1.807, 2.05) is 0 Å². The fourth-order valence-electron chi connectivity index (χ4n) is 2.23. The summed E-state index contributed by atoms with van der Waals surface area (Å²) in [7, 11) is 0. The number of aromatic nitrogens is 2. The molecule has 6 heteroatoms. The van der Waals surface area contributed by atoms with E-state index in [0.29, 0.717) is 16.7 Å². The van der Waals surface area contributed by atoms with Gasteiger partial charge in [-0.1, -0.05) is 6.07 Å². The van der Waals surface area contributed by atoms with E-state index < -0.39 is 12.6 Å². The Hall–Kier alpha value is -1.72. The summed E-state index contributed by atoms with van der Waals surface area (Å²) in [6.07, 6.45) is -3.43. The fraction of sp³-hybridized carbons (Fsp3) is 0.417. The lowest BCUT2D eigenvalue weighted by atomic mass is 10.3. The van der Waals surface area contributed by atoms with E-state index in [2.05, 4.69) is 4.98 Å². The third-order valence-corrected chi connectivity index (χ3v) is 3.09. The maximum atomic E-state index is 12.5. The molecule has 0 atom stereocenters. The monoisotopic (exact) mass is 255 g/mol. The highest BCUT2D eigenvalue weighted by Crippen LogP contribution is 2.40. The largest absolute Gasteiger partial charge is 0.397 e. The van der Waals surface area contributed by atoms with Crippen LogP contribution in [0, 0.1) is 0 Å². The van der Waals surface area contributed by atoms with Gasteiger partial charge < -0.3 is 10.3 Å². The minimum absolute atomic E-state index is 0.0675. The maximum Gasteiger partial charge on any atom is 0.396 e. The van der Waals surface area contributed by atoms with Gasteiger partial charge in [0.15, 0.2) is 0 Å². The number of nitrogen functional groups attached to an aromatic ring is 1. The van der Waals surface area contributed by atoms with Crippen molar-refractivity contribution in [2.45, 2.75) is 31.5 Å². The van der Waals surface area contributed by atoms with Crippen LogP contribution >= 0.6 is 0 Å². The smallest absolute Gasteiger partial charge is 0.396 e. The molecule has 3 rings (SSSR count). The number of anilines is 1. The second kappa shape index (κ2) is 3.63. The third-order valence-electron chi connectivity index (χ3n) is 3.09. The summed E-state index contributed by atoms with van der Waals surface area (Å²) in [6, 6.07) is 5.32. The molecule has 1 heterocycles. The Bertz CT molecular complexity index is 596. The summed E-state index contributed by atoms with van der Waals surface area (Å²) in [5, 5.41) is 0. The van der Waals surface area contributed by atoms with Gasteiger partial charge >= 0.3 is 6.18 Å². The number of alkyl halides is 3. The van der Waals surface area contributed by atoms with Crippen LogP contribution in [0.5, 0.6) is 0 Å². The molecule has 0 radical (unpaired) electrons. The molecule has 0 unspecified atom stereocenters. The van der Waals surface area contributed by atoms with Crippen molar-refractivity contribution in [3.8, 4) is 0 Å². The first-order chi connectivity index (χ1) is 8.46. The van der Waals surface area contributed by atoms with Crippen molar-refractivity contribution in [2.24, 2.45) is 0 Å². The van der Waals surface area contributed by atoms with Crippen molar-refractivity contribution in [3.63, 3.8) is 0 Å². The summed E-state index contributed by atoms with van der Waals surface area (Å²) >= 11 is 0. The highest BCUT2D eigenvalue weighted by molar-refractivity contribution is 5.87. The second-order valence-electron chi connectivity index (χ2n) is 4.64. The molecule has 0 spiro atoms. The molecule has 2 N–H and O–H groups in total. The molecule has 1 fully saturated rings. The molecule has 1 aromatic carbocycles. The van der Waals surface area contributed by atoms with Crippen LogP contribution in [-0.2, 0) is 6.42 Å². The molecule has 1 aliphatic rings. The number of fused-ring (bicyclic) bond motifs is 1. The molecule has 0 aliphatic heterocycles. The molecule has 96 valence electrons. The topological polar surface area (TPSA) is 43.8 Å². The molecule has 18 heavy (non-hydrogen) atoms. The van der Waals surface area contributed by atoms with Gasteiger partial charge in [-0.3, -0.25) is 0 Å². The first-order valence-electron chi connectivity index (χ1n) is 5.78. The Kier molecular flexibility index (Phi) is 2.30. The Morgan fingerprint density at radius 1 is 1.33 bits per heavy atom. The zero-order valence-corrected chi connectivity index (χ0v) is 9.54. The first-order valence-corrected chi connectivity index (χ1v) is 5.78. The van der Waals surface area contributed by atoms with Gasteiger partial charge in [0, 0.05) is 6.04 Å². The quantitative estimate of drug-likeness (QED) is 0.838. The number of rotatable bonds is 2. The number of halogens is 3. The van der Waals surface area contributed by atoms with Crippen molar-refractivity contribution >= 4 is 16.7 Å². The molecule has 3 nitrogen and oxygen atoms in total. The van der Waals surface area contributed by atoms with E-state index in [0.717, 1.165) is 12.8 Å². The zero-order chi connectivity index (χ0) is 12.9. The zero-order valence-electron chi connectivity index (χ0n) is 9.54. The molecule has 1 saturated carbocycles. The molecule has 1 aliphatic carbocycles. The summed E-state index contributed by atoms with van der Waals surface area (Å²) in [5.41, 5.74) is 7.37. The number of imidazole rings is 1. The van der Waals surface area contributed by atoms with Gasteiger partial charge in [0.25, 0.3) is 0 Å². The second-order valence-corrected chi connectivity index (χ2v) is 4.64. The van der Waals surface area contributed by atoms with Crippen LogP contribution in [-0.4, -0.2) is 15.7 Å². The maximum absolute atomic E-state index is 12.5. The van der Waals surface area contributed by atoms with Crippen LogP contribution in [0.4, 0.5) is 18.9 Å². The first kappa shape index (κ1) is 11.4. The predicted octanol–water partition coefficient (Wildman–Crippen LogP) is 3.06. The van der Waals surface area contributed by atoms with E-state index in [-0.39, 0.29) is 11.9 Å². The van der Waals surface area contributed by atoms with E-state index in [4.69, 9.17) is 5.73 Å². The number of nitrogens with two attached hydrogens (primary N) is 1. The highest BCUT2D eigenvalue weighted by atomic mass is 19.4. The lowest BCUT2D eigenvalue weighted by Gasteiger charge is -2.09. The van der Waals surface area contributed by atoms with E-state index >= 15 is 0 Å². The minimum Gasteiger partial charge on any atom is -0.397 e.